The van der Waals surface area contributed by atoms with Crippen LogP contribution in [0.15, 0.2) is 54.6 Å². The van der Waals surface area contributed by atoms with Crippen LogP contribution in [0.25, 0.3) is 0 Å². The smallest absolute Gasteiger partial charge is 0.257 e. The number of hydrogen-bond acceptors (Lipinski definition) is 3. The van der Waals surface area contributed by atoms with E-state index in [0.29, 0.717) is 43.1 Å². The first-order chi connectivity index (χ1) is 14.5. The van der Waals surface area contributed by atoms with E-state index in [1.807, 2.05) is 71.3 Å². The normalized spacial score (nSPS) is 18.3. The molecule has 0 fully saturated rings. The van der Waals surface area contributed by atoms with Crippen LogP contribution < -0.4 is 4.74 Å². The van der Waals surface area contributed by atoms with Gasteiger partial charge >= 0.3 is 0 Å². The Labute approximate surface area is 179 Å². The molecule has 0 saturated carbocycles. The molecular weight excluding hydrogens is 376 g/mol. The van der Waals surface area contributed by atoms with Crippen LogP contribution in [0.4, 0.5) is 0 Å². The Morgan fingerprint density at radius 2 is 1.70 bits per heavy atom. The zero-order chi connectivity index (χ0) is 21.5. The Morgan fingerprint density at radius 3 is 2.40 bits per heavy atom. The van der Waals surface area contributed by atoms with Crippen LogP contribution in [0.1, 0.15) is 54.3 Å². The van der Waals surface area contributed by atoms with Crippen molar-refractivity contribution in [2.24, 2.45) is 5.92 Å². The number of benzene rings is 2. The molecule has 2 amide bonds. The fourth-order valence-electron chi connectivity index (χ4n) is 3.91. The molecule has 0 radical (unpaired) electrons. The van der Waals surface area contributed by atoms with Crippen LogP contribution in [-0.4, -0.2) is 53.9 Å². The lowest BCUT2D eigenvalue weighted by molar-refractivity contribution is 0.0512. The van der Waals surface area contributed by atoms with E-state index in [-0.39, 0.29) is 23.8 Å². The molecule has 5 heteroatoms. The maximum Gasteiger partial charge on any atom is 0.257 e. The third-order valence-electron chi connectivity index (χ3n) is 5.72. The number of fused-ring (bicyclic) bond motifs is 1. The van der Waals surface area contributed by atoms with Crippen molar-refractivity contribution < 1.29 is 14.3 Å². The molecule has 0 aliphatic carbocycles. The van der Waals surface area contributed by atoms with E-state index in [4.69, 9.17) is 4.74 Å². The molecule has 5 nitrogen and oxygen atoms in total. The summed E-state index contributed by atoms with van der Waals surface area (Å²) in [5.41, 5.74) is 1.28. The molecule has 1 aliphatic heterocycles. The Bertz CT molecular complexity index is 850. The zero-order valence-corrected chi connectivity index (χ0v) is 18.2. The molecule has 1 heterocycles. The van der Waals surface area contributed by atoms with Crippen LogP contribution in [0.3, 0.4) is 0 Å². The van der Waals surface area contributed by atoms with Crippen molar-refractivity contribution >= 4 is 11.8 Å². The van der Waals surface area contributed by atoms with Gasteiger partial charge in [-0.2, -0.15) is 0 Å². The van der Waals surface area contributed by atoms with Gasteiger partial charge in [0, 0.05) is 25.2 Å². The minimum Gasteiger partial charge on any atom is -0.491 e. The molecule has 160 valence electrons. The van der Waals surface area contributed by atoms with Gasteiger partial charge in [-0.3, -0.25) is 9.59 Å². The van der Waals surface area contributed by atoms with E-state index in [1.165, 1.54) is 0 Å². The molecule has 0 aromatic heterocycles. The minimum absolute atomic E-state index is 0.00647. The van der Waals surface area contributed by atoms with E-state index in [0.717, 1.165) is 12.8 Å². The molecule has 0 N–H and O–H groups in total. The average molecular weight is 409 g/mol. The summed E-state index contributed by atoms with van der Waals surface area (Å²) in [6.07, 6.45) is 1.69. The van der Waals surface area contributed by atoms with Gasteiger partial charge in [-0.1, -0.05) is 44.2 Å². The van der Waals surface area contributed by atoms with Crippen molar-refractivity contribution in [3.63, 3.8) is 0 Å². The van der Waals surface area contributed by atoms with E-state index in [9.17, 15) is 9.59 Å². The molecule has 0 unspecified atom stereocenters. The average Bonchev–Trinajstić information content (AvgIpc) is 2.77. The number of carbonyl (C=O) groups excluding carboxylic acids is 2. The summed E-state index contributed by atoms with van der Waals surface area (Å²) < 4.78 is 6.17. The summed E-state index contributed by atoms with van der Waals surface area (Å²) in [4.78, 5) is 30.2. The van der Waals surface area contributed by atoms with Gasteiger partial charge in [-0.05, 0) is 49.9 Å². The second kappa shape index (κ2) is 10.3. The Balaban J connectivity index is 1.93. The highest BCUT2D eigenvalue weighted by molar-refractivity contribution is 5.97. The van der Waals surface area contributed by atoms with E-state index >= 15 is 0 Å². The number of nitrogens with zero attached hydrogens (tertiary/aromatic N) is 2. The lowest BCUT2D eigenvalue weighted by atomic mass is 10.0. The zero-order valence-electron chi connectivity index (χ0n) is 18.2. The van der Waals surface area contributed by atoms with E-state index < -0.39 is 0 Å². The van der Waals surface area contributed by atoms with Crippen molar-refractivity contribution in [3.8, 4) is 5.75 Å². The fourth-order valence-corrected chi connectivity index (χ4v) is 3.91. The maximum absolute atomic E-state index is 13.4. The molecular formula is C25H32N2O3. The molecule has 0 spiro atoms. The summed E-state index contributed by atoms with van der Waals surface area (Å²) in [5.74, 6) is 0.841. The number of carbonyl (C=O) groups is 2. The molecule has 2 aromatic carbocycles. The summed E-state index contributed by atoms with van der Waals surface area (Å²) >= 11 is 0. The number of amides is 2. The first-order valence-corrected chi connectivity index (χ1v) is 10.9. The number of rotatable bonds is 3. The quantitative estimate of drug-likeness (QED) is 0.752. The first-order valence-electron chi connectivity index (χ1n) is 10.9. The monoisotopic (exact) mass is 408 g/mol. The topological polar surface area (TPSA) is 49.9 Å². The van der Waals surface area contributed by atoms with Gasteiger partial charge in [0.2, 0.25) is 0 Å². The highest BCUT2D eigenvalue weighted by Crippen LogP contribution is 2.24. The molecule has 30 heavy (non-hydrogen) atoms. The SMILES string of the molecule is CCN1CCCCN(C(=O)c2ccccc2)[C@@H](C(C)C)COc2ccccc2C1=O. The predicted molar refractivity (Wildman–Crippen MR) is 119 cm³/mol. The largest absolute Gasteiger partial charge is 0.491 e. The van der Waals surface area contributed by atoms with E-state index in [2.05, 4.69) is 13.8 Å². The lowest BCUT2D eigenvalue weighted by Gasteiger charge is -2.35. The van der Waals surface area contributed by atoms with Gasteiger partial charge in [0.25, 0.3) is 11.8 Å². The molecule has 3 rings (SSSR count). The Hall–Kier alpha value is -2.82. The van der Waals surface area contributed by atoms with Crippen LogP contribution in [0.2, 0.25) is 0 Å². The van der Waals surface area contributed by atoms with Crippen molar-refractivity contribution in [1.82, 2.24) is 9.80 Å². The Kier molecular flexibility index (Phi) is 7.50. The van der Waals surface area contributed by atoms with Gasteiger partial charge in [0.15, 0.2) is 0 Å². The highest BCUT2D eigenvalue weighted by Gasteiger charge is 2.29. The second-order valence-electron chi connectivity index (χ2n) is 8.08. The van der Waals surface area contributed by atoms with Gasteiger partial charge in [-0.25, -0.2) is 0 Å². The third-order valence-corrected chi connectivity index (χ3v) is 5.72. The Morgan fingerprint density at radius 1 is 1.03 bits per heavy atom. The number of hydrogen-bond donors (Lipinski definition) is 0. The summed E-state index contributed by atoms with van der Waals surface area (Å²) in [7, 11) is 0. The third kappa shape index (κ3) is 5.02. The molecule has 1 atom stereocenters. The maximum atomic E-state index is 13.4. The van der Waals surface area contributed by atoms with Gasteiger partial charge in [0.1, 0.15) is 12.4 Å². The standard InChI is InChI=1S/C25H32N2O3/c1-4-26-16-10-11-17-27(24(28)20-12-6-5-7-13-20)22(19(2)3)18-30-23-15-9-8-14-21(23)25(26)29/h5-9,12-15,19,22H,4,10-11,16-18H2,1-3H3/t22-/m1/s1. The molecule has 1 aliphatic rings. The van der Waals surface area contributed by atoms with Crippen LogP contribution in [0.5, 0.6) is 5.75 Å². The molecule has 0 saturated heterocycles. The van der Waals surface area contributed by atoms with E-state index in [1.54, 1.807) is 0 Å². The number of ether oxygens (including phenoxy) is 1. The fraction of sp³-hybridized carbons (Fsp3) is 0.440. The lowest BCUT2D eigenvalue weighted by Crippen LogP contribution is -2.47. The van der Waals surface area contributed by atoms with Crippen LogP contribution >= 0.6 is 0 Å². The van der Waals surface area contributed by atoms with Crippen molar-refractivity contribution in [2.75, 3.05) is 26.2 Å². The number of para-hydroxylation sites is 1. The van der Waals surface area contributed by atoms with Crippen molar-refractivity contribution in [3.05, 3.63) is 65.7 Å². The molecule has 2 aromatic rings. The van der Waals surface area contributed by atoms with Crippen LogP contribution in [0, 0.1) is 5.92 Å². The minimum atomic E-state index is -0.0810. The molecule has 0 bridgehead atoms. The predicted octanol–water partition coefficient (Wildman–Crippen LogP) is 4.49. The first kappa shape index (κ1) is 21.9. The van der Waals surface area contributed by atoms with Gasteiger partial charge in [-0.15, -0.1) is 0 Å². The van der Waals surface area contributed by atoms with Crippen LogP contribution in [-0.2, 0) is 0 Å². The highest BCUT2D eigenvalue weighted by atomic mass is 16.5. The van der Waals surface area contributed by atoms with Gasteiger partial charge in [0.05, 0.1) is 11.6 Å². The second-order valence-corrected chi connectivity index (χ2v) is 8.08. The summed E-state index contributed by atoms with van der Waals surface area (Å²) in [6, 6.07) is 16.8. The van der Waals surface area contributed by atoms with Crippen molar-refractivity contribution in [1.29, 1.82) is 0 Å². The summed E-state index contributed by atoms with van der Waals surface area (Å²) in [5, 5.41) is 0. The summed E-state index contributed by atoms with van der Waals surface area (Å²) in [6.45, 7) is 8.53. The van der Waals surface area contributed by atoms with Crippen molar-refractivity contribution in [2.45, 2.75) is 39.7 Å². The van der Waals surface area contributed by atoms with Gasteiger partial charge < -0.3 is 14.5 Å².